The second-order valence-electron chi connectivity index (χ2n) is 8.22. The Hall–Kier alpha value is -4.57. The van der Waals surface area contributed by atoms with Gasteiger partial charge >= 0.3 is 11.9 Å². The molecule has 210 valence electrons. The summed E-state index contributed by atoms with van der Waals surface area (Å²) in [6.07, 6.45) is -3.59. The Morgan fingerprint density at radius 2 is 1.63 bits per heavy atom. The fourth-order valence-electron chi connectivity index (χ4n) is 3.55. The standard InChI is InChI=1S/C25H13BrF3N3O8S/c26-16-4-8-20(40-21-7-3-15(25(27,28)29)11-18(21)32(38)39)14(9-16)10-22-23(34)30(24(35)41-22)12-19(33)13-1-5-17(6-2-13)31(36)37/h1-11H,12H2/b22-10+. The van der Waals surface area contributed by atoms with Crippen molar-refractivity contribution in [2.45, 2.75) is 6.18 Å². The summed E-state index contributed by atoms with van der Waals surface area (Å²) in [4.78, 5) is 59.3. The first-order valence-corrected chi connectivity index (χ1v) is 12.7. The molecule has 1 saturated heterocycles. The molecule has 3 aromatic rings. The van der Waals surface area contributed by atoms with E-state index >= 15 is 0 Å². The van der Waals surface area contributed by atoms with Crippen molar-refractivity contribution >= 4 is 62.1 Å². The lowest BCUT2D eigenvalue weighted by Crippen LogP contribution is -2.33. The number of nitrogens with zero attached hydrogens (tertiary/aromatic N) is 3. The zero-order valence-electron chi connectivity index (χ0n) is 20.1. The highest BCUT2D eigenvalue weighted by Gasteiger charge is 2.37. The SMILES string of the molecule is O=C(CN1C(=O)S/C(=C/c2cc(Br)ccc2Oc2ccc(C(F)(F)F)cc2[N+](=O)[O-])C1=O)c1ccc([N+](=O)[O-])cc1. The molecule has 1 aliphatic heterocycles. The maximum Gasteiger partial charge on any atom is 0.416 e. The van der Waals surface area contributed by atoms with Gasteiger partial charge in [-0.05, 0) is 60.3 Å². The summed E-state index contributed by atoms with van der Waals surface area (Å²) in [6, 6.07) is 10.6. The quantitative estimate of drug-likeness (QED) is 0.109. The molecule has 0 unspecified atom stereocenters. The van der Waals surface area contributed by atoms with E-state index in [4.69, 9.17) is 4.74 Å². The molecule has 11 nitrogen and oxygen atoms in total. The average molecular weight is 652 g/mol. The Balaban J connectivity index is 1.60. The topological polar surface area (TPSA) is 150 Å². The van der Waals surface area contributed by atoms with Crippen LogP contribution in [-0.4, -0.2) is 38.2 Å². The maximum absolute atomic E-state index is 13.1. The zero-order chi connectivity index (χ0) is 30.1. The lowest BCUT2D eigenvalue weighted by molar-refractivity contribution is -0.385. The summed E-state index contributed by atoms with van der Waals surface area (Å²) in [6.45, 7) is -0.639. The lowest BCUT2D eigenvalue weighted by atomic mass is 10.1. The van der Waals surface area contributed by atoms with Gasteiger partial charge in [-0.3, -0.25) is 39.5 Å². The number of halogens is 4. The van der Waals surface area contributed by atoms with Gasteiger partial charge < -0.3 is 4.74 Å². The van der Waals surface area contributed by atoms with Crippen LogP contribution in [0.4, 0.5) is 29.3 Å². The number of alkyl halides is 3. The van der Waals surface area contributed by atoms with Crippen LogP contribution in [0.25, 0.3) is 6.08 Å². The van der Waals surface area contributed by atoms with Crippen LogP contribution in [0.2, 0.25) is 0 Å². The number of ketones is 1. The minimum absolute atomic E-state index is 0.0411. The number of Topliss-reactive ketones (excluding diaryl/α,β-unsaturated/α-hetero) is 1. The highest BCUT2D eigenvalue weighted by molar-refractivity contribution is 9.10. The molecule has 0 aliphatic carbocycles. The van der Waals surface area contributed by atoms with Crippen molar-refractivity contribution in [2.75, 3.05) is 6.54 Å². The Labute approximate surface area is 240 Å². The van der Waals surface area contributed by atoms with Crippen LogP contribution in [0.5, 0.6) is 11.5 Å². The molecule has 1 fully saturated rings. The van der Waals surface area contributed by atoms with Crippen molar-refractivity contribution in [3.8, 4) is 11.5 Å². The molecule has 1 aliphatic rings. The summed E-state index contributed by atoms with van der Waals surface area (Å²) in [5.41, 5.74) is -2.26. The van der Waals surface area contributed by atoms with Gasteiger partial charge in [0, 0.05) is 33.8 Å². The maximum atomic E-state index is 13.1. The van der Waals surface area contributed by atoms with E-state index in [1.165, 1.54) is 36.4 Å². The molecule has 0 N–H and O–H groups in total. The summed E-state index contributed by atoms with van der Waals surface area (Å²) in [7, 11) is 0. The molecule has 3 aromatic carbocycles. The molecule has 41 heavy (non-hydrogen) atoms. The molecule has 0 spiro atoms. The summed E-state index contributed by atoms with van der Waals surface area (Å²) >= 11 is 3.74. The van der Waals surface area contributed by atoms with Crippen LogP contribution in [0, 0.1) is 20.2 Å². The van der Waals surface area contributed by atoms with E-state index in [1.54, 1.807) is 0 Å². The fraction of sp³-hybridized carbons (Fsp3) is 0.0800. The molecular weight excluding hydrogens is 639 g/mol. The monoisotopic (exact) mass is 651 g/mol. The van der Waals surface area contributed by atoms with Gasteiger partial charge in [-0.25, -0.2) is 0 Å². The zero-order valence-corrected chi connectivity index (χ0v) is 22.5. The first kappa shape index (κ1) is 29.4. The van der Waals surface area contributed by atoms with Crippen LogP contribution in [0.3, 0.4) is 0 Å². The number of imide groups is 1. The summed E-state index contributed by atoms with van der Waals surface area (Å²) in [5, 5.41) is 21.5. The van der Waals surface area contributed by atoms with Gasteiger partial charge in [0.25, 0.3) is 16.8 Å². The van der Waals surface area contributed by atoms with Crippen LogP contribution < -0.4 is 4.74 Å². The van der Waals surface area contributed by atoms with Gasteiger partial charge in [-0.1, -0.05) is 15.9 Å². The number of thioether (sulfide) groups is 1. The molecule has 0 atom stereocenters. The molecule has 1 heterocycles. The lowest BCUT2D eigenvalue weighted by Gasteiger charge is -2.12. The van der Waals surface area contributed by atoms with Crippen molar-refractivity contribution in [2.24, 2.45) is 0 Å². The summed E-state index contributed by atoms with van der Waals surface area (Å²) < 4.78 is 45.2. The number of benzene rings is 3. The van der Waals surface area contributed by atoms with Crippen molar-refractivity contribution in [1.29, 1.82) is 0 Å². The largest absolute Gasteiger partial charge is 0.449 e. The first-order chi connectivity index (χ1) is 19.2. The van der Waals surface area contributed by atoms with E-state index < -0.39 is 56.5 Å². The molecule has 0 bridgehead atoms. The number of carbonyl (C=O) groups is 3. The van der Waals surface area contributed by atoms with E-state index in [9.17, 15) is 47.8 Å². The van der Waals surface area contributed by atoms with Crippen molar-refractivity contribution in [1.82, 2.24) is 4.90 Å². The van der Waals surface area contributed by atoms with E-state index in [0.29, 0.717) is 33.3 Å². The normalized spacial score (nSPS) is 14.4. The highest BCUT2D eigenvalue weighted by atomic mass is 79.9. The minimum atomic E-state index is -4.82. The predicted octanol–water partition coefficient (Wildman–Crippen LogP) is 7.00. The third-order valence-corrected chi connectivity index (χ3v) is 6.94. The van der Waals surface area contributed by atoms with Gasteiger partial charge in [0.2, 0.25) is 5.75 Å². The van der Waals surface area contributed by atoms with Gasteiger partial charge in [-0.15, -0.1) is 0 Å². The van der Waals surface area contributed by atoms with E-state index in [-0.39, 0.29) is 27.5 Å². The Morgan fingerprint density at radius 1 is 0.976 bits per heavy atom. The second-order valence-corrected chi connectivity index (χ2v) is 10.1. The molecule has 16 heteroatoms. The van der Waals surface area contributed by atoms with E-state index in [0.717, 1.165) is 18.2 Å². The van der Waals surface area contributed by atoms with Crippen molar-refractivity contribution < 1.29 is 42.1 Å². The van der Waals surface area contributed by atoms with Gasteiger partial charge in [0.1, 0.15) is 5.75 Å². The third kappa shape index (κ3) is 6.60. The number of carbonyl (C=O) groups excluding carboxylic acids is 3. The average Bonchev–Trinajstić information content (AvgIpc) is 3.16. The van der Waals surface area contributed by atoms with E-state index in [1.807, 2.05) is 0 Å². The number of amides is 2. The number of ether oxygens (including phenoxy) is 1. The van der Waals surface area contributed by atoms with Crippen LogP contribution in [-0.2, 0) is 11.0 Å². The summed E-state index contributed by atoms with van der Waals surface area (Å²) in [5.74, 6) is -2.06. The predicted molar refractivity (Wildman–Crippen MR) is 142 cm³/mol. The van der Waals surface area contributed by atoms with Gasteiger partial charge in [0.15, 0.2) is 5.78 Å². The van der Waals surface area contributed by atoms with Crippen molar-refractivity contribution in [3.63, 3.8) is 0 Å². The van der Waals surface area contributed by atoms with Crippen molar-refractivity contribution in [3.05, 3.63) is 107 Å². The second kappa shape index (κ2) is 11.5. The number of hydrogen-bond acceptors (Lipinski definition) is 9. The molecule has 0 aromatic heterocycles. The molecule has 0 radical (unpaired) electrons. The van der Waals surface area contributed by atoms with E-state index in [2.05, 4.69) is 15.9 Å². The Bertz CT molecular complexity index is 1640. The van der Waals surface area contributed by atoms with Gasteiger partial charge in [-0.2, -0.15) is 13.2 Å². The number of nitro benzene ring substituents is 2. The third-order valence-electron chi connectivity index (χ3n) is 5.54. The Morgan fingerprint density at radius 3 is 2.24 bits per heavy atom. The molecular formula is C25H13BrF3N3O8S. The molecule has 2 amide bonds. The Kier molecular flexibility index (Phi) is 8.25. The number of nitro groups is 2. The molecule has 0 saturated carbocycles. The highest BCUT2D eigenvalue weighted by Crippen LogP contribution is 2.40. The number of rotatable bonds is 8. The van der Waals surface area contributed by atoms with Crippen LogP contribution in [0.1, 0.15) is 21.5 Å². The minimum Gasteiger partial charge on any atom is -0.449 e. The van der Waals surface area contributed by atoms with Crippen LogP contribution in [0.15, 0.2) is 70.0 Å². The fourth-order valence-corrected chi connectivity index (χ4v) is 4.76. The number of hydrogen-bond donors (Lipinski definition) is 0. The number of non-ortho nitro benzene ring substituents is 1. The van der Waals surface area contributed by atoms with Gasteiger partial charge in [0.05, 0.1) is 26.9 Å². The van der Waals surface area contributed by atoms with Crippen LogP contribution >= 0.6 is 27.7 Å². The molecule has 4 rings (SSSR count). The first-order valence-electron chi connectivity index (χ1n) is 11.1. The smallest absolute Gasteiger partial charge is 0.416 e.